The van der Waals surface area contributed by atoms with Crippen molar-refractivity contribution in [2.75, 3.05) is 11.7 Å². The Hall–Kier alpha value is -3.09. The molecule has 2 aliphatic rings. The SMILES string of the molecule is CCc1ccc(OCC(=O)NC2=C[C@H]3NN(c4ccc(C)c(Cl)c4)N=C3C=C2)cc1. The lowest BCUT2D eigenvalue weighted by molar-refractivity contribution is -0.122. The number of halogens is 1. The largest absolute Gasteiger partial charge is 0.484 e. The first-order valence-electron chi connectivity index (χ1n) is 9.84. The lowest BCUT2D eigenvalue weighted by atomic mass is 10.1. The van der Waals surface area contributed by atoms with Crippen LogP contribution in [0.25, 0.3) is 0 Å². The molecular weight excluding hydrogens is 400 g/mol. The van der Waals surface area contributed by atoms with Gasteiger partial charge in [0.15, 0.2) is 6.61 Å². The van der Waals surface area contributed by atoms with Crippen molar-refractivity contribution in [1.82, 2.24) is 10.7 Å². The van der Waals surface area contributed by atoms with Crippen LogP contribution < -0.4 is 20.6 Å². The van der Waals surface area contributed by atoms with E-state index in [1.165, 1.54) is 5.56 Å². The van der Waals surface area contributed by atoms with Crippen LogP contribution in [0.5, 0.6) is 5.75 Å². The van der Waals surface area contributed by atoms with Crippen molar-refractivity contribution in [2.45, 2.75) is 26.3 Å². The molecule has 0 unspecified atom stereocenters. The van der Waals surface area contributed by atoms with E-state index in [1.807, 2.05) is 67.6 Å². The van der Waals surface area contributed by atoms with Crippen molar-refractivity contribution in [3.05, 3.63) is 82.5 Å². The first-order valence-corrected chi connectivity index (χ1v) is 10.2. The van der Waals surface area contributed by atoms with Crippen molar-refractivity contribution < 1.29 is 9.53 Å². The summed E-state index contributed by atoms with van der Waals surface area (Å²) in [5, 5.41) is 9.82. The van der Waals surface area contributed by atoms with Gasteiger partial charge in [-0.05, 0) is 67.0 Å². The van der Waals surface area contributed by atoms with Gasteiger partial charge in [0.1, 0.15) is 5.75 Å². The number of anilines is 1. The Labute approximate surface area is 180 Å². The summed E-state index contributed by atoms with van der Waals surface area (Å²) >= 11 is 6.23. The maximum Gasteiger partial charge on any atom is 0.262 e. The number of hydrazine groups is 1. The van der Waals surface area contributed by atoms with E-state index in [1.54, 1.807) is 5.12 Å². The van der Waals surface area contributed by atoms with Crippen molar-refractivity contribution in [3.8, 4) is 5.75 Å². The summed E-state index contributed by atoms with van der Waals surface area (Å²) in [5.41, 5.74) is 7.94. The summed E-state index contributed by atoms with van der Waals surface area (Å²) < 4.78 is 5.57. The smallest absolute Gasteiger partial charge is 0.262 e. The van der Waals surface area contributed by atoms with Gasteiger partial charge in [0, 0.05) is 10.7 Å². The minimum absolute atomic E-state index is 0.0519. The van der Waals surface area contributed by atoms with Gasteiger partial charge in [-0.25, -0.2) is 0 Å². The molecule has 1 aliphatic carbocycles. The predicted octanol–water partition coefficient (Wildman–Crippen LogP) is 3.91. The number of aryl methyl sites for hydroxylation is 2. The van der Waals surface area contributed by atoms with Crippen LogP contribution in [0.4, 0.5) is 5.69 Å². The number of hydrogen-bond donors (Lipinski definition) is 2. The molecule has 6 nitrogen and oxygen atoms in total. The molecule has 2 aromatic carbocycles. The molecule has 0 spiro atoms. The van der Waals surface area contributed by atoms with Gasteiger partial charge in [-0.3, -0.25) is 4.79 Å². The molecule has 2 aromatic rings. The predicted molar refractivity (Wildman–Crippen MR) is 120 cm³/mol. The van der Waals surface area contributed by atoms with E-state index in [0.717, 1.165) is 23.4 Å². The van der Waals surface area contributed by atoms with Crippen LogP contribution in [0.15, 0.2) is 71.5 Å². The Morgan fingerprint density at radius 2 is 2.03 bits per heavy atom. The number of hydrazone groups is 1. The molecule has 0 saturated heterocycles. The highest BCUT2D eigenvalue weighted by Crippen LogP contribution is 2.25. The minimum Gasteiger partial charge on any atom is -0.484 e. The third-order valence-electron chi connectivity index (χ3n) is 4.96. The fourth-order valence-corrected chi connectivity index (χ4v) is 3.35. The lowest BCUT2D eigenvalue weighted by Gasteiger charge is -2.18. The first-order chi connectivity index (χ1) is 14.5. The number of amides is 1. The van der Waals surface area contributed by atoms with Crippen molar-refractivity contribution in [1.29, 1.82) is 0 Å². The Balaban J connectivity index is 1.33. The fraction of sp³-hybridized carbons (Fsp3) is 0.217. The summed E-state index contributed by atoms with van der Waals surface area (Å²) in [6.45, 7) is 4.00. The van der Waals surface area contributed by atoms with Crippen LogP contribution in [0.2, 0.25) is 5.02 Å². The molecule has 0 saturated carbocycles. The summed E-state index contributed by atoms with van der Waals surface area (Å²) in [5.74, 6) is 0.459. The van der Waals surface area contributed by atoms with Gasteiger partial charge in [0.05, 0.1) is 17.4 Å². The van der Waals surface area contributed by atoms with E-state index < -0.39 is 0 Å². The summed E-state index contributed by atoms with van der Waals surface area (Å²) in [6, 6.07) is 13.4. The second-order valence-corrected chi connectivity index (χ2v) is 7.57. The van der Waals surface area contributed by atoms with Crippen LogP contribution in [0.3, 0.4) is 0 Å². The number of nitrogens with one attached hydrogen (secondary N) is 2. The van der Waals surface area contributed by atoms with Gasteiger partial charge in [-0.15, -0.1) is 0 Å². The average molecular weight is 423 g/mol. The minimum atomic E-state index is -0.217. The Morgan fingerprint density at radius 1 is 1.23 bits per heavy atom. The highest BCUT2D eigenvalue weighted by atomic mass is 35.5. The zero-order valence-corrected chi connectivity index (χ0v) is 17.6. The van der Waals surface area contributed by atoms with E-state index >= 15 is 0 Å². The quantitative estimate of drug-likeness (QED) is 0.740. The molecule has 0 aromatic heterocycles. The van der Waals surface area contributed by atoms with Crippen molar-refractivity contribution in [2.24, 2.45) is 5.10 Å². The number of ether oxygens (including phenoxy) is 1. The maximum absolute atomic E-state index is 12.3. The molecule has 0 radical (unpaired) electrons. The zero-order valence-electron chi connectivity index (χ0n) is 16.9. The van der Waals surface area contributed by atoms with E-state index in [4.69, 9.17) is 16.3 Å². The van der Waals surface area contributed by atoms with Gasteiger partial charge in [-0.1, -0.05) is 36.7 Å². The van der Waals surface area contributed by atoms with Crippen LogP contribution >= 0.6 is 11.6 Å². The molecule has 1 heterocycles. The number of fused-ring (bicyclic) bond motifs is 1. The number of carbonyl (C=O) groups excluding carboxylic acids is 1. The maximum atomic E-state index is 12.3. The Morgan fingerprint density at radius 3 is 2.77 bits per heavy atom. The molecule has 154 valence electrons. The second kappa shape index (κ2) is 8.73. The third-order valence-corrected chi connectivity index (χ3v) is 5.37. The topological polar surface area (TPSA) is 66.0 Å². The van der Waals surface area contributed by atoms with Gasteiger partial charge in [-0.2, -0.15) is 15.6 Å². The van der Waals surface area contributed by atoms with Crippen LogP contribution in [0.1, 0.15) is 18.1 Å². The van der Waals surface area contributed by atoms with Gasteiger partial charge in [0.2, 0.25) is 0 Å². The number of carbonyl (C=O) groups is 1. The van der Waals surface area contributed by atoms with Crippen LogP contribution in [-0.4, -0.2) is 24.3 Å². The summed E-state index contributed by atoms with van der Waals surface area (Å²) in [6.07, 6.45) is 6.60. The first kappa shape index (κ1) is 20.2. The molecule has 1 amide bonds. The molecule has 2 N–H and O–H groups in total. The number of hydrogen-bond acceptors (Lipinski definition) is 5. The number of rotatable bonds is 6. The van der Waals surface area contributed by atoms with E-state index in [-0.39, 0.29) is 18.6 Å². The molecule has 0 bridgehead atoms. The highest BCUT2D eigenvalue weighted by molar-refractivity contribution is 6.31. The molecule has 30 heavy (non-hydrogen) atoms. The number of nitrogens with zero attached hydrogens (tertiary/aromatic N) is 2. The average Bonchev–Trinajstić information content (AvgIpc) is 3.18. The van der Waals surface area contributed by atoms with Crippen molar-refractivity contribution >= 4 is 28.9 Å². The van der Waals surface area contributed by atoms with Gasteiger partial charge in [0.25, 0.3) is 5.91 Å². The molecule has 7 heteroatoms. The third kappa shape index (κ3) is 4.56. The monoisotopic (exact) mass is 422 g/mol. The molecule has 1 aliphatic heterocycles. The molecule has 1 atom stereocenters. The second-order valence-electron chi connectivity index (χ2n) is 7.17. The number of benzene rings is 2. The van der Waals surface area contributed by atoms with E-state index in [0.29, 0.717) is 16.5 Å². The number of allylic oxidation sites excluding steroid dienone is 1. The van der Waals surface area contributed by atoms with Gasteiger partial charge >= 0.3 is 0 Å². The van der Waals surface area contributed by atoms with Gasteiger partial charge < -0.3 is 10.1 Å². The highest BCUT2D eigenvalue weighted by Gasteiger charge is 2.26. The summed E-state index contributed by atoms with van der Waals surface area (Å²) in [4.78, 5) is 12.3. The van der Waals surface area contributed by atoms with Crippen LogP contribution in [0, 0.1) is 6.92 Å². The zero-order chi connectivity index (χ0) is 21.1. The standard InChI is InChI=1S/C23H23ClN4O2/c1-3-16-5-9-19(10-6-16)30-14-23(29)25-17-7-11-21-22(12-17)27-28(26-21)18-8-4-15(2)20(24)13-18/h4-13,22,27H,3,14H2,1-2H3,(H,25,29)/t22-/m1/s1. The molecule has 0 fully saturated rings. The normalized spacial score (nSPS) is 17.3. The van der Waals surface area contributed by atoms with E-state index in [2.05, 4.69) is 22.8 Å². The lowest BCUT2D eigenvalue weighted by Crippen LogP contribution is -2.39. The molecular formula is C23H23ClN4O2. The fourth-order valence-electron chi connectivity index (χ4n) is 3.17. The Bertz CT molecular complexity index is 1040. The Kier molecular flexibility index (Phi) is 5.88. The van der Waals surface area contributed by atoms with Crippen molar-refractivity contribution in [3.63, 3.8) is 0 Å². The molecule has 4 rings (SSSR count). The van der Waals surface area contributed by atoms with E-state index in [9.17, 15) is 4.79 Å². The van der Waals surface area contributed by atoms with Crippen LogP contribution in [-0.2, 0) is 11.2 Å². The summed E-state index contributed by atoms with van der Waals surface area (Å²) in [7, 11) is 0.